The Morgan fingerprint density at radius 3 is 2.58 bits per heavy atom. The highest BCUT2D eigenvalue weighted by Gasteiger charge is 2.30. The number of nitrogens with zero attached hydrogens (tertiary/aromatic N) is 1. The summed E-state index contributed by atoms with van der Waals surface area (Å²) in [7, 11) is 0. The summed E-state index contributed by atoms with van der Waals surface area (Å²) < 4.78 is 0. The van der Waals surface area contributed by atoms with Gasteiger partial charge in [0.2, 0.25) is 6.04 Å². The first kappa shape index (κ1) is 9.54. The van der Waals surface area contributed by atoms with Crippen molar-refractivity contribution in [1.29, 1.82) is 0 Å². The molecule has 1 aliphatic rings. The highest BCUT2D eigenvalue weighted by atomic mass is 15.0. The van der Waals surface area contributed by atoms with E-state index in [9.17, 15) is 0 Å². The third kappa shape index (κ3) is 2.83. The van der Waals surface area contributed by atoms with Crippen LogP contribution in [0.25, 0.3) is 4.85 Å². The fourth-order valence-corrected chi connectivity index (χ4v) is 1.79. The number of nitrogens with one attached hydrogen (secondary N) is 1. The van der Waals surface area contributed by atoms with E-state index in [0.29, 0.717) is 11.5 Å². The van der Waals surface area contributed by atoms with Gasteiger partial charge in [0.1, 0.15) is 0 Å². The Labute approximate surface area is 75.2 Å². The number of hydrogen-bond acceptors (Lipinski definition) is 1. The zero-order valence-electron chi connectivity index (χ0n) is 8.22. The van der Waals surface area contributed by atoms with E-state index in [1.807, 2.05) is 0 Å². The average Bonchev–Trinajstić information content (AvgIpc) is 2.32. The zero-order chi connectivity index (χ0) is 9.19. The van der Waals surface area contributed by atoms with Crippen LogP contribution in [0.5, 0.6) is 0 Å². The molecule has 0 radical (unpaired) electrons. The Bertz CT molecular complexity index is 185. The fraction of sp³-hybridized carbons (Fsp3) is 0.900. The van der Waals surface area contributed by atoms with Crippen molar-refractivity contribution in [2.75, 3.05) is 6.54 Å². The van der Waals surface area contributed by atoms with E-state index in [2.05, 4.69) is 30.9 Å². The normalized spacial score (nSPS) is 30.2. The lowest BCUT2D eigenvalue weighted by Crippen LogP contribution is -2.26. The summed E-state index contributed by atoms with van der Waals surface area (Å²) in [5.74, 6) is 0. The predicted molar refractivity (Wildman–Crippen MR) is 50.9 cm³/mol. The maximum Gasteiger partial charge on any atom is 0.237 e. The first-order chi connectivity index (χ1) is 5.51. The SMILES string of the molecule is [C-]#[N+][C@@H]1CN[C@H](CC(C)(C)C)C1. The molecule has 0 aromatic heterocycles. The maximum absolute atomic E-state index is 6.91. The molecule has 1 heterocycles. The summed E-state index contributed by atoms with van der Waals surface area (Å²) in [4.78, 5) is 3.56. The van der Waals surface area contributed by atoms with E-state index < -0.39 is 0 Å². The molecule has 0 aromatic rings. The molecule has 1 N–H and O–H groups in total. The van der Waals surface area contributed by atoms with Crippen LogP contribution in [0, 0.1) is 12.0 Å². The van der Waals surface area contributed by atoms with E-state index >= 15 is 0 Å². The van der Waals surface area contributed by atoms with Gasteiger partial charge in [-0.15, -0.1) is 0 Å². The molecule has 2 nitrogen and oxygen atoms in total. The summed E-state index contributed by atoms with van der Waals surface area (Å²) in [6.07, 6.45) is 2.22. The molecular formula is C10H18N2. The lowest BCUT2D eigenvalue weighted by atomic mass is 9.87. The third-order valence-electron chi connectivity index (χ3n) is 2.24. The van der Waals surface area contributed by atoms with Crippen molar-refractivity contribution in [2.24, 2.45) is 5.41 Å². The highest BCUT2D eigenvalue weighted by Crippen LogP contribution is 2.25. The van der Waals surface area contributed by atoms with Crippen LogP contribution < -0.4 is 5.32 Å². The summed E-state index contributed by atoms with van der Waals surface area (Å²) in [6, 6.07) is 0.807. The van der Waals surface area contributed by atoms with Crippen LogP contribution in [0.15, 0.2) is 0 Å². The lowest BCUT2D eigenvalue weighted by molar-refractivity contribution is 0.325. The average molecular weight is 166 g/mol. The molecule has 2 heteroatoms. The van der Waals surface area contributed by atoms with Crippen molar-refractivity contribution in [3.63, 3.8) is 0 Å². The Hall–Kier alpha value is -0.550. The standard InChI is InChI=1S/C10H18N2/c1-10(2,3)6-8-5-9(11-4)7-12-8/h8-9,12H,5-7H2,1-3H3/t8-,9-/m0/s1. The van der Waals surface area contributed by atoms with Crippen molar-refractivity contribution < 1.29 is 0 Å². The maximum atomic E-state index is 6.91. The van der Waals surface area contributed by atoms with E-state index in [1.54, 1.807) is 0 Å². The number of hydrogen-bond donors (Lipinski definition) is 1. The topological polar surface area (TPSA) is 16.4 Å². The van der Waals surface area contributed by atoms with Crippen LogP contribution in [0.3, 0.4) is 0 Å². The van der Waals surface area contributed by atoms with Crippen molar-refractivity contribution >= 4 is 0 Å². The monoisotopic (exact) mass is 166 g/mol. The largest absolute Gasteiger partial charge is 0.312 e. The molecule has 0 unspecified atom stereocenters. The second-order valence-electron chi connectivity index (χ2n) is 4.89. The van der Waals surface area contributed by atoms with Gasteiger partial charge < -0.3 is 10.2 Å². The molecule has 0 aliphatic carbocycles. The van der Waals surface area contributed by atoms with Crippen molar-refractivity contribution in [3.05, 3.63) is 11.4 Å². The van der Waals surface area contributed by atoms with Crippen molar-refractivity contribution in [1.82, 2.24) is 5.32 Å². The quantitative estimate of drug-likeness (QED) is 0.590. The lowest BCUT2D eigenvalue weighted by Gasteiger charge is -2.22. The Morgan fingerprint density at radius 2 is 2.17 bits per heavy atom. The summed E-state index contributed by atoms with van der Waals surface area (Å²) in [5, 5.41) is 3.40. The molecule has 68 valence electrons. The van der Waals surface area contributed by atoms with Gasteiger partial charge in [-0.2, -0.15) is 0 Å². The summed E-state index contributed by atoms with van der Waals surface area (Å²) in [6.45, 7) is 14.5. The van der Waals surface area contributed by atoms with E-state index in [1.165, 1.54) is 6.42 Å². The molecule has 0 bridgehead atoms. The first-order valence-corrected chi connectivity index (χ1v) is 4.61. The second kappa shape index (κ2) is 3.45. The Morgan fingerprint density at radius 1 is 1.50 bits per heavy atom. The Balaban J connectivity index is 2.34. The van der Waals surface area contributed by atoms with Gasteiger partial charge in [0.15, 0.2) is 0 Å². The Kier molecular flexibility index (Phi) is 2.74. The molecule has 1 saturated heterocycles. The molecule has 12 heavy (non-hydrogen) atoms. The van der Waals surface area contributed by atoms with Gasteiger partial charge in [0, 0.05) is 12.5 Å². The van der Waals surface area contributed by atoms with Crippen LogP contribution in [-0.2, 0) is 0 Å². The molecule has 1 rings (SSSR count). The van der Waals surface area contributed by atoms with Gasteiger partial charge in [0.25, 0.3) is 0 Å². The van der Waals surface area contributed by atoms with Crippen LogP contribution in [0.1, 0.15) is 33.6 Å². The second-order valence-corrected chi connectivity index (χ2v) is 4.89. The van der Waals surface area contributed by atoms with Gasteiger partial charge in [-0.1, -0.05) is 20.8 Å². The van der Waals surface area contributed by atoms with Crippen LogP contribution in [0.2, 0.25) is 0 Å². The molecule has 0 amide bonds. The molecule has 0 spiro atoms. The van der Waals surface area contributed by atoms with Gasteiger partial charge in [0.05, 0.1) is 6.54 Å². The zero-order valence-corrected chi connectivity index (χ0v) is 8.22. The molecule has 0 saturated carbocycles. The first-order valence-electron chi connectivity index (χ1n) is 4.61. The van der Waals surface area contributed by atoms with Crippen molar-refractivity contribution in [3.8, 4) is 0 Å². The molecular weight excluding hydrogens is 148 g/mol. The predicted octanol–water partition coefficient (Wildman–Crippen LogP) is 2.07. The molecule has 1 aliphatic heterocycles. The molecule has 0 aromatic carbocycles. The fourth-order valence-electron chi connectivity index (χ4n) is 1.79. The highest BCUT2D eigenvalue weighted by molar-refractivity contribution is 4.94. The smallest absolute Gasteiger partial charge is 0.237 e. The van der Waals surface area contributed by atoms with Crippen molar-refractivity contribution in [2.45, 2.75) is 45.7 Å². The third-order valence-corrected chi connectivity index (χ3v) is 2.24. The van der Waals surface area contributed by atoms with Crippen LogP contribution >= 0.6 is 0 Å². The van der Waals surface area contributed by atoms with Gasteiger partial charge in [-0.05, 0) is 11.8 Å². The minimum Gasteiger partial charge on any atom is -0.312 e. The summed E-state index contributed by atoms with van der Waals surface area (Å²) in [5.41, 5.74) is 0.384. The minimum absolute atomic E-state index is 0.234. The molecule has 1 fully saturated rings. The van der Waals surface area contributed by atoms with Gasteiger partial charge >= 0.3 is 0 Å². The van der Waals surface area contributed by atoms with E-state index in [-0.39, 0.29) is 6.04 Å². The minimum atomic E-state index is 0.234. The summed E-state index contributed by atoms with van der Waals surface area (Å²) >= 11 is 0. The van der Waals surface area contributed by atoms with E-state index in [4.69, 9.17) is 6.57 Å². The van der Waals surface area contributed by atoms with E-state index in [0.717, 1.165) is 13.0 Å². The number of rotatable bonds is 1. The molecule has 2 atom stereocenters. The van der Waals surface area contributed by atoms with Gasteiger partial charge in [-0.3, -0.25) is 0 Å². The van der Waals surface area contributed by atoms with Gasteiger partial charge in [-0.25, -0.2) is 6.57 Å². The van der Waals surface area contributed by atoms with Crippen LogP contribution in [0.4, 0.5) is 0 Å². The van der Waals surface area contributed by atoms with Crippen LogP contribution in [-0.4, -0.2) is 18.6 Å².